The molecule has 0 saturated carbocycles. The molecule has 0 aromatic carbocycles. The second-order valence-electron chi connectivity index (χ2n) is 5.29. The summed E-state index contributed by atoms with van der Waals surface area (Å²) in [6.45, 7) is 11.6. The maximum Gasteiger partial charge on any atom is 0.0543 e. The van der Waals surface area contributed by atoms with Crippen molar-refractivity contribution in [3.05, 3.63) is 30.1 Å². The molecule has 0 spiro atoms. The Morgan fingerprint density at radius 2 is 1.82 bits per heavy atom. The molecule has 0 bridgehead atoms. The smallest absolute Gasteiger partial charge is 0.0543 e. The summed E-state index contributed by atoms with van der Waals surface area (Å²) < 4.78 is 0. The van der Waals surface area contributed by atoms with E-state index in [4.69, 9.17) is 0 Å². The maximum atomic E-state index is 4.38. The molecule has 1 saturated heterocycles. The highest BCUT2D eigenvalue weighted by Gasteiger charge is 2.17. The first kappa shape index (κ1) is 12.5. The second-order valence-corrected chi connectivity index (χ2v) is 5.29. The average Bonchev–Trinajstić information content (AvgIpc) is 2.32. The fourth-order valence-corrected chi connectivity index (χ4v) is 2.37. The molecule has 94 valence electrons. The Balaban J connectivity index is 1.76. The van der Waals surface area contributed by atoms with E-state index < -0.39 is 0 Å². The van der Waals surface area contributed by atoms with Gasteiger partial charge in [0.2, 0.25) is 0 Å². The van der Waals surface area contributed by atoms with Gasteiger partial charge in [-0.05, 0) is 18.1 Å². The lowest BCUT2D eigenvalue weighted by Crippen LogP contribution is -2.46. The molecule has 1 aliphatic heterocycles. The molecule has 1 aromatic rings. The van der Waals surface area contributed by atoms with Crippen LogP contribution in [0.15, 0.2) is 24.4 Å². The zero-order chi connectivity index (χ0) is 12.1. The van der Waals surface area contributed by atoms with E-state index in [2.05, 4.69) is 40.8 Å². The molecular weight excluding hydrogens is 210 g/mol. The minimum absolute atomic E-state index is 0.775. The molecule has 0 unspecified atom stereocenters. The molecule has 3 nitrogen and oxygen atoms in total. The van der Waals surface area contributed by atoms with Gasteiger partial charge < -0.3 is 4.90 Å². The van der Waals surface area contributed by atoms with Crippen molar-refractivity contribution in [2.24, 2.45) is 5.92 Å². The number of hydrogen-bond acceptors (Lipinski definition) is 3. The van der Waals surface area contributed by atoms with Gasteiger partial charge in [0.05, 0.1) is 5.69 Å². The van der Waals surface area contributed by atoms with Crippen molar-refractivity contribution in [2.75, 3.05) is 32.7 Å². The van der Waals surface area contributed by atoms with Crippen LogP contribution in [0.2, 0.25) is 0 Å². The Morgan fingerprint density at radius 1 is 1.12 bits per heavy atom. The van der Waals surface area contributed by atoms with Crippen molar-refractivity contribution in [3.8, 4) is 0 Å². The molecule has 2 rings (SSSR count). The normalized spacial score (nSPS) is 18.8. The van der Waals surface area contributed by atoms with Crippen molar-refractivity contribution < 1.29 is 0 Å². The minimum atomic E-state index is 0.775. The molecule has 0 aliphatic carbocycles. The summed E-state index contributed by atoms with van der Waals surface area (Å²) in [6, 6.07) is 6.15. The average molecular weight is 233 g/mol. The largest absolute Gasteiger partial charge is 0.301 e. The van der Waals surface area contributed by atoms with E-state index >= 15 is 0 Å². The van der Waals surface area contributed by atoms with E-state index in [-0.39, 0.29) is 0 Å². The molecule has 1 aromatic heterocycles. The SMILES string of the molecule is CC(C)CN1CCN(Cc2ccccn2)CC1. The van der Waals surface area contributed by atoms with E-state index in [0.717, 1.165) is 12.5 Å². The zero-order valence-corrected chi connectivity index (χ0v) is 11.0. The Hall–Kier alpha value is -0.930. The lowest BCUT2D eigenvalue weighted by Gasteiger charge is -2.35. The Morgan fingerprint density at radius 3 is 2.41 bits per heavy atom. The van der Waals surface area contributed by atoms with Crippen molar-refractivity contribution in [1.82, 2.24) is 14.8 Å². The van der Waals surface area contributed by atoms with E-state index in [1.165, 1.54) is 38.4 Å². The van der Waals surface area contributed by atoms with Crippen molar-refractivity contribution in [3.63, 3.8) is 0 Å². The molecule has 0 N–H and O–H groups in total. The van der Waals surface area contributed by atoms with E-state index in [9.17, 15) is 0 Å². The van der Waals surface area contributed by atoms with Gasteiger partial charge in [-0.2, -0.15) is 0 Å². The predicted molar refractivity (Wildman–Crippen MR) is 70.8 cm³/mol. The van der Waals surface area contributed by atoms with E-state index in [0.29, 0.717) is 0 Å². The lowest BCUT2D eigenvalue weighted by molar-refractivity contribution is 0.116. The van der Waals surface area contributed by atoms with Gasteiger partial charge in [-0.1, -0.05) is 19.9 Å². The van der Waals surface area contributed by atoms with Crippen molar-refractivity contribution >= 4 is 0 Å². The molecule has 17 heavy (non-hydrogen) atoms. The molecule has 2 heterocycles. The summed E-state index contributed by atoms with van der Waals surface area (Å²) in [5.74, 6) is 0.775. The number of pyridine rings is 1. The summed E-state index contributed by atoms with van der Waals surface area (Å²) in [4.78, 5) is 9.45. The van der Waals surface area contributed by atoms with Crippen LogP contribution in [0.4, 0.5) is 0 Å². The van der Waals surface area contributed by atoms with Crippen LogP contribution in [0.5, 0.6) is 0 Å². The fourth-order valence-electron chi connectivity index (χ4n) is 2.37. The van der Waals surface area contributed by atoms with Crippen molar-refractivity contribution in [1.29, 1.82) is 0 Å². The Labute approximate surface area is 104 Å². The van der Waals surface area contributed by atoms with Gasteiger partial charge in [-0.25, -0.2) is 0 Å². The predicted octanol–water partition coefficient (Wildman–Crippen LogP) is 1.86. The number of nitrogens with zero attached hydrogens (tertiary/aromatic N) is 3. The van der Waals surface area contributed by atoms with Crippen LogP contribution in [-0.4, -0.2) is 47.5 Å². The highest BCUT2D eigenvalue weighted by Crippen LogP contribution is 2.08. The molecule has 1 fully saturated rings. The summed E-state index contributed by atoms with van der Waals surface area (Å²) in [5, 5.41) is 0. The van der Waals surface area contributed by atoms with Gasteiger partial charge >= 0.3 is 0 Å². The third-order valence-electron chi connectivity index (χ3n) is 3.20. The first-order valence-electron chi connectivity index (χ1n) is 6.58. The van der Waals surface area contributed by atoms with Gasteiger partial charge in [0.1, 0.15) is 0 Å². The number of piperazine rings is 1. The van der Waals surface area contributed by atoms with Crippen LogP contribution in [0.3, 0.4) is 0 Å². The number of hydrogen-bond donors (Lipinski definition) is 0. The van der Waals surface area contributed by atoms with Crippen LogP contribution >= 0.6 is 0 Å². The molecule has 3 heteroatoms. The first-order valence-corrected chi connectivity index (χ1v) is 6.58. The van der Waals surface area contributed by atoms with Gasteiger partial charge in [-0.15, -0.1) is 0 Å². The van der Waals surface area contributed by atoms with Gasteiger partial charge in [0.15, 0.2) is 0 Å². The number of aromatic nitrogens is 1. The standard InChI is InChI=1S/C14H23N3/c1-13(2)11-16-7-9-17(10-8-16)12-14-5-3-4-6-15-14/h3-6,13H,7-12H2,1-2H3. The molecule has 0 atom stereocenters. The Bertz CT molecular complexity index is 315. The molecule has 1 aliphatic rings. The summed E-state index contributed by atoms with van der Waals surface area (Å²) >= 11 is 0. The van der Waals surface area contributed by atoms with Crippen LogP contribution in [-0.2, 0) is 6.54 Å². The maximum absolute atomic E-state index is 4.38. The number of rotatable bonds is 4. The third kappa shape index (κ3) is 4.10. The fraction of sp³-hybridized carbons (Fsp3) is 0.643. The zero-order valence-electron chi connectivity index (χ0n) is 11.0. The molecular formula is C14H23N3. The van der Waals surface area contributed by atoms with Gasteiger partial charge in [0.25, 0.3) is 0 Å². The monoisotopic (exact) mass is 233 g/mol. The third-order valence-corrected chi connectivity index (χ3v) is 3.20. The lowest BCUT2D eigenvalue weighted by atomic mass is 10.2. The van der Waals surface area contributed by atoms with Crippen LogP contribution in [0.1, 0.15) is 19.5 Å². The van der Waals surface area contributed by atoms with Gasteiger partial charge in [0, 0.05) is 45.5 Å². The first-order chi connectivity index (χ1) is 8.24. The second kappa shape index (κ2) is 6.12. The minimum Gasteiger partial charge on any atom is -0.301 e. The molecule has 0 amide bonds. The van der Waals surface area contributed by atoms with Crippen molar-refractivity contribution in [2.45, 2.75) is 20.4 Å². The Kier molecular flexibility index (Phi) is 4.51. The van der Waals surface area contributed by atoms with E-state index in [1.807, 2.05) is 12.3 Å². The van der Waals surface area contributed by atoms with E-state index in [1.54, 1.807) is 0 Å². The quantitative estimate of drug-likeness (QED) is 0.791. The van der Waals surface area contributed by atoms with Crippen LogP contribution in [0, 0.1) is 5.92 Å². The van der Waals surface area contributed by atoms with Crippen LogP contribution < -0.4 is 0 Å². The summed E-state index contributed by atoms with van der Waals surface area (Å²) in [7, 11) is 0. The van der Waals surface area contributed by atoms with Crippen LogP contribution in [0.25, 0.3) is 0 Å². The molecule has 0 radical (unpaired) electrons. The highest BCUT2D eigenvalue weighted by atomic mass is 15.3. The highest BCUT2D eigenvalue weighted by molar-refractivity contribution is 5.03. The topological polar surface area (TPSA) is 19.4 Å². The summed E-state index contributed by atoms with van der Waals surface area (Å²) in [6.07, 6.45) is 1.88. The summed E-state index contributed by atoms with van der Waals surface area (Å²) in [5.41, 5.74) is 1.19. The van der Waals surface area contributed by atoms with Gasteiger partial charge in [-0.3, -0.25) is 9.88 Å².